The van der Waals surface area contributed by atoms with E-state index in [0.717, 1.165) is 45.3 Å². The van der Waals surface area contributed by atoms with Crippen LogP contribution in [0.15, 0.2) is 30.3 Å². The van der Waals surface area contributed by atoms with Gasteiger partial charge in [-0.15, -0.1) is 0 Å². The Morgan fingerprint density at radius 2 is 1.85 bits per heavy atom. The summed E-state index contributed by atoms with van der Waals surface area (Å²) in [6, 6.07) is 10.4. The highest BCUT2D eigenvalue weighted by molar-refractivity contribution is 5.76. The van der Waals surface area contributed by atoms with E-state index in [9.17, 15) is 18.0 Å². The molecule has 0 unspecified atom stereocenters. The molecular formula is C20H27F3N2O. The summed E-state index contributed by atoms with van der Waals surface area (Å²) < 4.78 is 37.0. The van der Waals surface area contributed by atoms with E-state index < -0.39 is 19.0 Å². The number of hydrogen-bond acceptors (Lipinski definition) is 2. The molecule has 2 fully saturated rings. The molecule has 0 saturated carbocycles. The first-order valence-corrected chi connectivity index (χ1v) is 9.46. The lowest BCUT2D eigenvalue weighted by atomic mass is 9.79. The fraction of sp³-hybridized carbons (Fsp3) is 0.650. The largest absolute Gasteiger partial charge is 0.389 e. The predicted molar refractivity (Wildman–Crippen MR) is 94.7 cm³/mol. The lowest BCUT2D eigenvalue weighted by Crippen LogP contribution is -2.46. The third-order valence-electron chi connectivity index (χ3n) is 5.71. The maximum absolute atomic E-state index is 12.3. The molecule has 1 amide bonds. The summed E-state index contributed by atoms with van der Waals surface area (Å²) >= 11 is 0. The molecule has 2 heterocycles. The van der Waals surface area contributed by atoms with Crippen molar-refractivity contribution in [1.82, 2.24) is 9.80 Å². The Labute approximate surface area is 153 Å². The molecule has 3 rings (SSSR count). The van der Waals surface area contributed by atoms with Crippen molar-refractivity contribution >= 4 is 5.91 Å². The Morgan fingerprint density at radius 3 is 2.58 bits per heavy atom. The molecule has 6 heteroatoms. The van der Waals surface area contributed by atoms with Gasteiger partial charge in [-0.3, -0.25) is 4.79 Å². The van der Waals surface area contributed by atoms with Crippen LogP contribution >= 0.6 is 0 Å². The Balaban J connectivity index is 1.50. The van der Waals surface area contributed by atoms with Crippen molar-refractivity contribution in [2.24, 2.45) is 5.41 Å². The minimum absolute atomic E-state index is 0.0723. The molecule has 1 atom stereocenters. The SMILES string of the molecule is O=C(CCC(F)(F)F)N1CC[C@@]2(CCCN(CCc3ccccc3)C2)C1. The van der Waals surface area contributed by atoms with E-state index in [0.29, 0.717) is 13.1 Å². The molecule has 0 bridgehead atoms. The van der Waals surface area contributed by atoms with E-state index >= 15 is 0 Å². The van der Waals surface area contributed by atoms with Crippen LogP contribution in [-0.2, 0) is 11.2 Å². The van der Waals surface area contributed by atoms with Crippen LogP contribution in [0.25, 0.3) is 0 Å². The summed E-state index contributed by atoms with van der Waals surface area (Å²) in [6.45, 7) is 4.22. The number of alkyl halides is 3. The molecule has 144 valence electrons. The van der Waals surface area contributed by atoms with Crippen molar-refractivity contribution in [2.45, 2.75) is 44.7 Å². The first-order chi connectivity index (χ1) is 12.4. The average Bonchev–Trinajstić information content (AvgIpc) is 3.01. The molecule has 0 radical (unpaired) electrons. The first-order valence-electron chi connectivity index (χ1n) is 9.46. The van der Waals surface area contributed by atoms with Crippen LogP contribution in [0.2, 0.25) is 0 Å². The normalized spacial score (nSPS) is 24.3. The zero-order valence-corrected chi connectivity index (χ0v) is 15.1. The first kappa shape index (κ1) is 19.2. The van der Waals surface area contributed by atoms with Gasteiger partial charge in [0.15, 0.2) is 0 Å². The van der Waals surface area contributed by atoms with Crippen molar-refractivity contribution in [3.8, 4) is 0 Å². The number of amides is 1. The molecule has 0 N–H and O–H groups in total. The highest BCUT2D eigenvalue weighted by Gasteiger charge is 2.43. The standard InChI is InChI=1S/C20H27F3N2O/c21-20(22,23)10-7-18(26)25-14-11-19(16-25)9-4-12-24(15-19)13-8-17-5-2-1-3-6-17/h1-3,5-6H,4,7-16H2/t19-/m1/s1. The molecule has 1 aromatic rings. The zero-order chi connectivity index (χ0) is 18.6. The lowest BCUT2D eigenvalue weighted by Gasteiger charge is -2.40. The van der Waals surface area contributed by atoms with E-state index in [1.54, 1.807) is 4.90 Å². The summed E-state index contributed by atoms with van der Waals surface area (Å²) in [5, 5.41) is 0. The van der Waals surface area contributed by atoms with Crippen LogP contribution < -0.4 is 0 Å². The number of halogens is 3. The predicted octanol–water partition coefficient (Wildman–Crippen LogP) is 3.89. The number of carbonyl (C=O) groups excluding carboxylic acids is 1. The average molecular weight is 368 g/mol. The van der Waals surface area contributed by atoms with Crippen LogP contribution in [0.1, 0.15) is 37.7 Å². The van der Waals surface area contributed by atoms with Crippen molar-refractivity contribution in [1.29, 1.82) is 0 Å². The van der Waals surface area contributed by atoms with E-state index in [2.05, 4.69) is 29.2 Å². The second kappa shape index (κ2) is 7.99. The molecule has 1 spiro atoms. The monoisotopic (exact) mass is 368 g/mol. The topological polar surface area (TPSA) is 23.6 Å². The van der Waals surface area contributed by atoms with Gasteiger partial charge in [0.25, 0.3) is 0 Å². The van der Waals surface area contributed by atoms with Crippen molar-refractivity contribution in [3.05, 3.63) is 35.9 Å². The molecule has 0 aliphatic carbocycles. The summed E-state index contributed by atoms with van der Waals surface area (Å²) in [6.07, 6.45) is -1.61. The maximum Gasteiger partial charge on any atom is 0.389 e. The number of benzene rings is 1. The highest BCUT2D eigenvalue weighted by atomic mass is 19.4. The third kappa shape index (κ3) is 5.22. The Bertz CT molecular complexity index is 605. The molecule has 0 aromatic heterocycles. The van der Waals surface area contributed by atoms with Crippen molar-refractivity contribution < 1.29 is 18.0 Å². The number of nitrogens with zero attached hydrogens (tertiary/aromatic N) is 2. The fourth-order valence-corrected chi connectivity index (χ4v) is 4.32. The van der Waals surface area contributed by atoms with Gasteiger partial charge < -0.3 is 9.80 Å². The van der Waals surface area contributed by atoms with E-state index in [-0.39, 0.29) is 11.3 Å². The quantitative estimate of drug-likeness (QED) is 0.787. The minimum Gasteiger partial charge on any atom is -0.342 e. The second-order valence-electron chi connectivity index (χ2n) is 7.80. The number of hydrogen-bond donors (Lipinski definition) is 0. The number of piperidine rings is 1. The molecular weight excluding hydrogens is 341 g/mol. The molecule has 26 heavy (non-hydrogen) atoms. The van der Waals surface area contributed by atoms with Crippen LogP contribution in [0.4, 0.5) is 13.2 Å². The Morgan fingerprint density at radius 1 is 1.08 bits per heavy atom. The summed E-state index contributed by atoms with van der Waals surface area (Å²) in [5.41, 5.74) is 1.39. The lowest BCUT2D eigenvalue weighted by molar-refractivity contribution is -0.148. The van der Waals surface area contributed by atoms with Crippen molar-refractivity contribution in [3.63, 3.8) is 0 Å². The molecule has 3 nitrogen and oxygen atoms in total. The Hall–Kier alpha value is -1.56. The van der Waals surface area contributed by atoms with Gasteiger partial charge in [0, 0.05) is 38.0 Å². The number of likely N-dealkylation sites (tertiary alicyclic amines) is 2. The van der Waals surface area contributed by atoms with Gasteiger partial charge in [0.1, 0.15) is 0 Å². The summed E-state index contributed by atoms with van der Waals surface area (Å²) in [4.78, 5) is 16.2. The van der Waals surface area contributed by atoms with Crippen LogP contribution in [-0.4, -0.2) is 54.6 Å². The van der Waals surface area contributed by atoms with Gasteiger partial charge in [-0.05, 0) is 37.8 Å². The van der Waals surface area contributed by atoms with Gasteiger partial charge >= 0.3 is 6.18 Å². The van der Waals surface area contributed by atoms with Gasteiger partial charge in [-0.1, -0.05) is 30.3 Å². The summed E-state index contributed by atoms with van der Waals surface area (Å²) in [5.74, 6) is -0.347. The van der Waals surface area contributed by atoms with Crippen molar-refractivity contribution in [2.75, 3.05) is 32.7 Å². The number of rotatable bonds is 5. The van der Waals surface area contributed by atoms with Crippen LogP contribution in [0.3, 0.4) is 0 Å². The molecule has 1 aromatic carbocycles. The van der Waals surface area contributed by atoms with Crippen LogP contribution in [0.5, 0.6) is 0 Å². The molecule has 2 aliphatic rings. The van der Waals surface area contributed by atoms with E-state index in [1.807, 2.05) is 6.07 Å². The van der Waals surface area contributed by atoms with Crippen LogP contribution in [0, 0.1) is 5.41 Å². The smallest absolute Gasteiger partial charge is 0.342 e. The molecule has 2 saturated heterocycles. The molecule has 2 aliphatic heterocycles. The Kier molecular flexibility index (Phi) is 5.90. The van der Waals surface area contributed by atoms with Gasteiger partial charge in [-0.2, -0.15) is 13.2 Å². The highest BCUT2D eigenvalue weighted by Crippen LogP contribution is 2.39. The second-order valence-corrected chi connectivity index (χ2v) is 7.80. The van der Waals surface area contributed by atoms with E-state index in [1.165, 1.54) is 5.56 Å². The van der Waals surface area contributed by atoms with E-state index in [4.69, 9.17) is 0 Å². The van der Waals surface area contributed by atoms with Gasteiger partial charge in [0.05, 0.1) is 6.42 Å². The third-order valence-corrected chi connectivity index (χ3v) is 5.71. The fourth-order valence-electron chi connectivity index (χ4n) is 4.32. The minimum atomic E-state index is -4.26. The van der Waals surface area contributed by atoms with Gasteiger partial charge in [-0.25, -0.2) is 0 Å². The zero-order valence-electron chi connectivity index (χ0n) is 15.1. The van der Waals surface area contributed by atoms with Gasteiger partial charge in [0.2, 0.25) is 5.91 Å². The maximum atomic E-state index is 12.3. The summed E-state index contributed by atoms with van der Waals surface area (Å²) in [7, 11) is 0. The number of carbonyl (C=O) groups is 1.